The van der Waals surface area contributed by atoms with Gasteiger partial charge in [0.25, 0.3) is 0 Å². The van der Waals surface area contributed by atoms with Gasteiger partial charge in [0.05, 0.1) is 0 Å². The summed E-state index contributed by atoms with van der Waals surface area (Å²) in [6, 6.07) is 10.5. The summed E-state index contributed by atoms with van der Waals surface area (Å²) in [5.41, 5.74) is 1.27. The number of amides is 1. The van der Waals surface area contributed by atoms with Crippen molar-refractivity contribution in [3.63, 3.8) is 0 Å². The topological polar surface area (TPSA) is 29.1 Å². The van der Waals surface area contributed by atoms with E-state index in [4.69, 9.17) is 0 Å². The fourth-order valence-electron chi connectivity index (χ4n) is 2.20. The minimum atomic E-state index is 0.187. The van der Waals surface area contributed by atoms with Crippen molar-refractivity contribution >= 4 is 5.91 Å². The largest absolute Gasteiger partial charge is 0.353 e. The zero-order valence-electron chi connectivity index (χ0n) is 12.5. The van der Waals surface area contributed by atoms with Gasteiger partial charge in [0.2, 0.25) is 5.91 Å². The third kappa shape index (κ3) is 7.66. The molecule has 2 heteroatoms. The first-order chi connectivity index (χ1) is 9.08. The average Bonchev–Trinajstić information content (AvgIpc) is 2.35. The van der Waals surface area contributed by atoms with Gasteiger partial charge in [-0.2, -0.15) is 0 Å². The summed E-state index contributed by atoms with van der Waals surface area (Å²) in [6.07, 6.45) is 4.93. The molecule has 0 bridgehead atoms. The molecule has 1 aromatic rings. The number of carbonyl (C=O) groups excluding carboxylic acids is 1. The maximum atomic E-state index is 11.8. The third-order valence-electron chi connectivity index (χ3n) is 3.23. The Labute approximate surface area is 117 Å². The van der Waals surface area contributed by atoms with Crippen molar-refractivity contribution in [2.45, 2.75) is 58.9 Å². The normalized spacial score (nSPS) is 12.4. The molecular weight excluding hydrogens is 234 g/mol. The van der Waals surface area contributed by atoms with E-state index in [-0.39, 0.29) is 11.9 Å². The van der Waals surface area contributed by atoms with Crippen molar-refractivity contribution in [2.24, 2.45) is 5.92 Å². The summed E-state index contributed by atoms with van der Waals surface area (Å²) >= 11 is 0. The van der Waals surface area contributed by atoms with Crippen LogP contribution in [0.5, 0.6) is 0 Å². The van der Waals surface area contributed by atoms with E-state index in [9.17, 15) is 4.79 Å². The van der Waals surface area contributed by atoms with Gasteiger partial charge in [-0.25, -0.2) is 0 Å². The minimum Gasteiger partial charge on any atom is -0.353 e. The molecule has 1 aromatic carbocycles. The van der Waals surface area contributed by atoms with Crippen molar-refractivity contribution in [1.82, 2.24) is 5.32 Å². The van der Waals surface area contributed by atoms with Crippen LogP contribution in [0.4, 0.5) is 0 Å². The van der Waals surface area contributed by atoms with E-state index in [0.29, 0.717) is 6.42 Å². The second kappa shape index (κ2) is 8.73. The average molecular weight is 261 g/mol. The van der Waals surface area contributed by atoms with Gasteiger partial charge in [0.1, 0.15) is 0 Å². The molecule has 0 fully saturated rings. The molecule has 1 N–H and O–H groups in total. The van der Waals surface area contributed by atoms with E-state index in [1.165, 1.54) is 12.0 Å². The number of nitrogens with one attached hydrogen (secondary N) is 1. The van der Waals surface area contributed by atoms with E-state index in [1.807, 2.05) is 18.2 Å². The van der Waals surface area contributed by atoms with Crippen molar-refractivity contribution in [1.29, 1.82) is 0 Å². The van der Waals surface area contributed by atoms with Crippen LogP contribution in [0, 0.1) is 5.92 Å². The number of rotatable bonds is 8. The Morgan fingerprint density at radius 1 is 1.11 bits per heavy atom. The second-order valence-corrected chi connectivity index (χ2v) is 5.80. The lowest BCUT2D eigenvalue weighted by Crippen LogP contribution is -2.33. The molecule has 0 aliphatic carbocycles. The Kier molecular flexibility index (Phi) is 7.24. The van der Waals surface area contributed by atoms with Crippen LogP contribution in [0.1, 0.15) is 52.0 Å². The molecule has 106 valence electrons. The molecule has 0 spiro atoms. The maximum absolute atomic E-state index is 11.8. The highest BCUT2D eigenvalue weighted by Crippen LogP contribution is 2.08. The number of hydrogen-bond donors (Lipinski definition) is 1. The highest BCUT2D eigenvalue weighted by atomic mass is 16.1. The van der Waals surface area contributed by atoms with Crippen LogP contribution in [-0.2, 0) is 11.2 Å². The molecule has 1 atom stereocenters. The van der Waals surface area contributed by atoms with E-state index >= 15 is 0 Å². The van der Waals surface area contributed by atoms with Gasteiger partial charge in [-0.05, 0) is 31.2 Å². The molecule has 2 nitrogen and oxygen atoms in total. The maximum Gasteiger partial charge on any atom is 0.220 e. The summed E-state index contributed by atoms with van der Waals surface area (Å²) in [4.78, 5) is 11.8. The van der Waals surface area contributed by atoms with Gasteiger partial charge in [-0.15, -0.1) is 0 Å². The van der Waals surface area contributed by atoms with Crippen LogP contribution in [0.2, 0.25) is 0 Å². The summed E-state index contributed by atoms with van der Waals surface area (Å²) in [7, 11) is 0. The van der Waals surface area contributed by atoms with Crippen LogP contribution in [0.25, 0.3) is 0 Å². The number of benzene rings is 1. The van der Waals surface area contributed by atoms with Crippen LogP contribution < -0.4 is 5.32 Å². The fraction of sp³-hybridized carbons (Fsp3) is 0.588. The Hall–Kier alpha value is -1.31. The van der Waals surface area contributed by atoms with Crippen molar-refractivity contribution in [3.05, 3.63) is 35.9 Å². The highest BCUT2D eigenvalue weighted by molar-refractivity contribution is 5.76. The van der Waals surface area contributed by atoms with Gasteiger partial charge >= 0.3 is 0 Å². The van der Waals surface area contributed by atoms with E-state index in [1.54, 1.807) is 0 Å². The van der Waals surface area contributed by atoms with E-state index in [0.717, 1.165) is 25.2 Å². The minimum absolute atomic E-state index is 0.187. The van der Waals surface area contributed by atoms with Crippen molar-refractivity contribution < 1.29 is 4.79 Å². The molecule has 19 heavy (non-hydrogen) atoms. The molecule has 0 saturated carbocycles. The monoisotopic (exact) mass is 261 g/mol. The Morgan fingerprint density at radius 3 is 2.42 bits per heavy atom. The number of carbonyl (C=O) groups is 1. The first-order valence-electron chi connectivity index (χ1n) is 7.41. The SMILES string of the molecule is CC(C)CCCCC(=O)NC(C)Cc1ccccc1. The lowest BCUT2D eigenvalue weighted by atomic mass is 10.0. The molecule has 0 radical (unpaired) electrons. The third-order valence-corrected chi connectivity index (χ3v) is 3.23. The second-order valence-electron chi connectivity index (χ2n) is 5.80. The van der Waals surface area contributed by atoms with Gasteiger partial charge in [0, 0.05) is 12.5 Å². The molecule has 0 aliphatic rings. The Morgan fingerprint density at radius 2 is 1.79 bits per heavy atom. The van der Waals surface area contributed by atoms with Crippen LogP contribution >= 0.6 is 0 Å². The van der Waals surface area contributed by atoms with Gasteiger partial charge in [-0.3, -0.25) is 4.79 Å². The molecular formula is C17H27NO. The number of hydrogen-bond acceptors (Lipinski definition) is 1. The van der Waals surface area contributed by atoms with E-state index < -0.39 is 0 Å². The number of unbranched alkanes of at least 4 members (excludes halogenated alkanes) is 1. The predicted molar refractivity (Wildman–Crippen MR) is 81.1 cm³/mol. The molecule has 0 heterocycles. The quantitative estimate of drug-likeness (QED) is 0.705. The summed E-state index contributed by atoms with van der Waals surface area (Å²) < 4.78 is 0. The highest BCUT2D eigenvalue weighted by Gasteiger charge is 2.07. The Bertz CT molecular complexity index is 359. The lowest BCUT2D eigenvalue weighted by Gasteiger charge is -2.14. The van der Waals surface area contributed by atoms with E-state index in [2.05, 4.69) is 38.2 Å². The zero-order chi connectivity index (χ0) is 14.1. The van der Waals surface area contributed by atoms with Crippen LogP contribution in [0.3, 0.4) is 0 Å². The molecule has 1 rings (SSSR count). The molecule has 1 unspecified atom stereocenters. The molecule has 1 amide bonds. The van der Waals surface area contributed by atoms with Gasteiger partial charge in [-0.1, -0.05) is 57.0 Å². The lowest BCUT2D eigenvalue weighted by molar-refractivity contribution is -0.121. The first kappa shape index (κ1) is 15.7. The van der Waals surface area contributed by atoms with Gasteiger partial charge in [0.15, 0.2) is 0 Å². The van der Waals surface area contributed by atoms with Crippen molar-refractivity contribution in [2.75, 3.05) is 0 Å². The summed E-state index contributed by atoms with van der Waals surface area (Å²) in [5, 5.41) is 3.08. The van der Waals surface area contributed by atoms with Crippen LogP contribution in [-0.4, -0.2) is 11.9 Å². The fourth-order valence-corrected chi connectivity index (χ4v) is 2.20. The summed E-state index contributed by atoms with van der Waals surface area (Å²) in [6.45, 7) is 6.52. The summed E-state index contributed by atoms with van der Waals surface area (Å²) in [5.74, 6) is 0.923. The molecule has 0 aromatic heterocycles. The first-order valence-corrected chi connectivity index (χ1v) is 7.41. The molecule has 0 saturated heterocycles. The Balaban J connectivity index is 2.17. The standard InChI is InChI=1S/C17H27NO/c1-14(2)9-7-8-12-17(19)18-15(3)13-16-10-5-4-6-11-16/h4-6,10-11,14-15H,7-9,12-13H2,1-3H3,(H,18,19). The smallest absolute Gasteiger partial charge is 0.220 e. The zero-order valence-corrected chi connectivity index (χ0v) is 12.5. The predicted octanol–water partition coefficient (Wildman–Crippen LogP) is 3.95. The van der Waals surface area contributed by atoms with Crippen molar-refractivity contribution in [3.8, 4) is 0 Å². The molecule has 0 aliphatic heterocycles. The van der Waals surface area contributed by atoms with Gasteiger partial charge < -0.3 is 5.32 Å². The van der Waals surface area contributed by atoms with Crippen LogP contribution in [0.15, 0.2) is 30.3 Å².